The summed E-state index contributed by atoms with van der Waals surface area (Å²) in [5, 5.41) is 0. The van der Waals surface area contributed by atoms with Crippen molar-refractivity contribution >= 4 is 12.1 Å². The van der Waals surface area contributed by atoms with Crippen molar-refractivity contribution in [1.29, 1.82) is 0 Å². The molecular formula is C15H20O2. The van der Waals surface area contributed by atoms with Gasteiger partial charge in [0.25, 0.3) is 0 Å². The molecule has 17 heavy (non-hydrogen) atoms. The number of carbonyl (C=O) groups excluding carboxylic acids is 2. The molecule has 0 aliphatic heterocycles. The predicted molar refractivity (Wildman–Crippen MR) is 67.6 cm³/mol. The number of carbonyl (C=O) groups is 2. The first kappa shape index (κ1) is 12.3. The van der Waals surface area contributed by atoms with Crippen LogP contribution in [0.5, 0.6) is 0 Å². The minimum Gasteiger partial charge on any atom is -0.298 e. The highest BCUT2D eigenvalue weighted by Crippen LogP contribution is 2.51. The van der Waals surface area contributed by atoms with Crippen LogP contribution in [0.2, 0.25) is 0 Å². The van der Waals surface area contributed by atoms with Crippen molar-refractivity contribution in [2.45, 2.75) is 46.0 Å². The SMILES string of the molecule is C=C(C=O)C1CCC2(C)CCC(=O)C(C)=C2C1. The first-order chi connectivity index (χ1) is 7.98. The third kappa shape index (κ3) is 2.01. The van der Waals surface area contributed by atoms with E-state index >= 15 is 0 Å². The lowest BCUT2D eigenvalue weighted by Gasteiger charge is -2.43. The molecule has 0 N–H and O–H groups in total. The van der Waals surface area contributed by atoms with E-state index in [1.165, 1.54) is 5.57 Å². The van der Waals surface area contributed by atoms with E-state index in [1.54, 1.807) is 0 Å². The van der Waals surface area contributed by atoms with Crippen molar-refractivity contribution in [1.82, 2.24) is 0 Å². The van der Waals surface area contributed by atoms with Gasteiger partial charge in [-0.25, -0.2) is 0 Å². The fourth-order valence-corrected chi connectivity index (χ4v) is 3.28. The zero-order valence-electron chi connectivity index (χ0n) is 10.7. The second kappa shape index (κ2) is 4.25. The zero-order valence-corrected chi connectivity index (χ0v) is 10.7. The molecule has 92 valence electrons. The molecule has 0 aromatic rings. The minimum atomic E-state index is 0.192. The van der Waals surface area contributed by atoms with Gasteiger partial charge in [-0.3, -0.25) is 9.59 Å². The number of rotatable bonds is 2. The lowest BCUT2D eigenvalue weighted by Crippen LogP contribution is -2.34. The fourth-order valence-electron chi connectivity index (χ4n) is 3.28. The lowest BCUT2D eigenvalue weighted by molar-refractivity contribution is -0.117. The maximum absolute atomic E-state index is 11.8. The van der Waals surface area contributed by atoms with Gasteiger partial charge in [0.2, 0.25) is 0 Å². The van der Waals surface area contributed by atoms with Gasteiger partial charge in [0.1, 0.15) is 6.29 Å². The highest BCUT2D eigenvalue weighted by atomic mass is 16.1. The van der Waals surface area contributed by atoms with Gasteiger partial charge in [0.05, 0.1) is 0 Å². The first-order valence-corrected chi connectivity index (χ1v) is 6.35. The molecule has 2 nitrogen and oxygen atoms in total. The Hall–Kier alpha value is -1.18. The van der Waals surface area contributed by atoms with Crippen molar-refractivity contribution in [3.8, 4) is 0 Å². The molecule has 2 rings (SSSR count). The van der Waals surface area contributed by atoms with E-state index in [1.807, 2.05) is 6.92 Å². The van der Waals surface area contributed by atoms with Gasteiger partial charge in [0, 0.05) is 6.42 Å². The third-order valence-corrected chi connectivity index (χ3v) is 4.67. The number of ketones is 1. The molecule has 0 amide bonds. The average Bonchev–Trinajstić information content (AvgIpc) is 2.33. The molecule has 2 atom stereocenters. The third-order valence-electron chi connectivity index (χ3n) is 4.67. The quantitative estimate of drug-likeness (QED) is 0.541. The average molecular weight is 232 g/mol. The summed E-state index contributed by atoms with van der Waals surface area (Å²) >= 11 is 0. The van der Waals surface area contributed by atoms with Crippen LogP contribution in [-0.2, 0) is 9.59 Å². The van der Waals surface area contributed by atoms with Crippen LogP contribution in [0.25, 0.3) is 0 Å². The van der Waals surface area contributed by atoms with Crippen molar-refractivity contribution in [2.75, 3.05) is 0 Å². The van der Waals surface area contributed by atoms with Gasteiger partial charge in [0.15, 0.2) is 5.78 Å². The summed E-state index contributed by atoms with van der Waals surface area (Å²) in [6, 6.07) is 0. The predicted octanol–water partition coefficient (Wildman–Crippen LogP) is 3.23. The summed E-state index contributed by atoms with van der Waals surface area (Å²) in [4.78, 5) is 22.6. The van der Waals surface area contributed by atoms with Crippen LogP contribution in [0.4, 0.5) is 0 Å². The van der Waals surface area contributed by atoms with E-state index in [4.69, 9.17) is 0 Å². The van der Waals surface area contributed by atoms with Gasteiger partial charge < -0.3 is 0 Å². The molecule has 2 aliphatic rings. The van der Waals surface area contributed by atoms with Gasteiger partial charge >= 0.3 is 0 Å². The molecule has 0 aromatic heterocycles. The Balaban J connectivity index is 2.32. The maximum atomic E-state index is 11.8. The van der Waals surface area contributed by atoms with Crippen LogP contribution in [0.1, 0.15) is 46.0 Å². The smallest absolute Gasteiger partial charge is 0.158 e. The maximum Gasteiger partial charge on any atom is 0.158 e. The van der Waals surface area contributed by atoms with Gasteiger partial charge in [-0.15, -0.1) is 0 Å². The summed E-state index contributed by atoms with van der Waals surface area (Å²) < 4.78 is 0. The number of hydrogen-bond donors (Lipinski definition) is 0. The Labute approximate surface area is 103 Å². The second-order valence-corrected chi connectivity index (χ2v) is 5.72. The number of aldehydes is 1. The molecule has 1 saturated carbocycles. The first-order valence-electron chi connectivity index (χ1n) is 6.35. The summed E-state index contributed by atoms with van der Waals surface area (Å²) in [7, 11) is 0. The summed E-state index contributed by atoms with van der Waals surface area (Å²) in [6.45, 7) is 8.03. The molecule has 2 heteroatoms. The van der Waals surface area contributed by atoms with E-state index < -0.39 is 0 Å². The molecule has 1 fully saturated rings. The van der Waals surface area contributed by atoms with Crippen LogP contribution >= 0.6 is 0 Å². The normalized spacial score (nSPS) is 33.3. The number of fused-ring (bicyclic) bond motifs is 1. The van der Waals surface area contributed by atoms with E-state index in [0.29, 0.717) is 12.0 Å². The molecule has 2 aliphatic carbocycles. The highest BCUT2D eigenvalue weighted by Gasteiger charge is 2.40. The molecule has 2 unspecified atom stereocenters. The summed E-state index contributed by atoms with van der Waals surface area (Å²) in [5.74, 6) is 0.534. The Bertz CT molecular complexity index is 417. The van der Waals surface area contributed by atoms with E-state index in [2.05, 4.69) is 13.5 Å². The molecule has 0 spiro atoms. The summed E-state index contributed by atoms with van der Waals surface area (Å²) in [5.41, 5.74) is 3.11. The Morgan fingerprint density at radius 1 is 1.47 bits per heavy atom. The fraction of sp³-hybridized carbons (Fsp3) is 0.600. The van der Waals surface area contributed by atoms with Crippen LogP contribution in [-0.4, -0.2) is 12.1 Å². The number of allylic oxidation sites excluding steroid dienone is 3. The Morgan fingerprint density at radius 3 is 2.82 bits per heavy atom. The molecule has 0 heterocycles. The van der Waals surface area contributed by atoms with E-state index in [-0.39, 0.29) is 17.1 Å². The minimum absolute atomic E-state index is 0.192. The monoisotopic (exact) mass is 232 g/mol. The Kier molecular flexibility index (Phi) is 3.07. The molecule has 0 radical (unpaired) electrons. The molecule has 0 saturated heterocycles. The van der Waals surface area contributed by atoms with E-state index in [9.17, 15) is 9.59 Å². The van der Waals surface area contributed by atoms with E-state index in [0.717, 1.165) is 37.5 Å². The van der Waals surface area contributed by atoms with Crippen LogP contribution in [0.3, 0.4) is 0 Å². The van der Waals surface area contributed by atoms with Gasteiger partial charge in [-0.1, -0.05) is 19.1 Å². The molecule has 0 bridgehead atoms. The standard InChI is InChI=1S/C15H20O2/c1-10(9-16)12-4-6-15(3)7-5-14(17)11(2)13(15)8-12/h9,12H,1,4-8H2,2-3H3. The zero-order chi connectivity index (χ0) is 12.6. The van der Waals surface area contributed by atoms with Crippen LogP contribution in [0, 0.1) is 11.3 Å². The second-order valence-electron chi connectivity index (χ2n) is 5.72. The molecule has 0 aromatic carbocycles. The summed E-state index contributed by atoms with van der Waals surface area (Å²) in [6.07, 6.45) is 5.48. The van der Waals surface area contributed by atoms with Crippen molar-refractivity contribution in [3.63, 3.8) is 0 Å². The van der Waals surface area contributed by atoms with Gasteiger partial charge in [-0.2, -0.15) is 0 Å². The highest BCUT2D eigenvalue weighted by molar-refractivity contribution is 5.96. The largest absolute Gasteiger partial charge is 0.298 e. The topological polar surface area (TPSA) is 34.1 Å². The number of Topliss-reactive ketones (excluding diaryl/α,β-unsaturated/α-hetero) is 1. The van der Waals surface area contributed by atoms with Crippen molar-refractivity contribution in [3.05, 3.63) is 23.3 Å². The lowest BCUT2D eigenvalue weighted by atomic mass is 9.61. The van der Waals surface area contributed by atoms with Crippen LogP contribution in [0.15, 0.2) is 23.3 Å². The van der Waals surface area contributed by atoms with Crippen LogP contribution < -0.4 is 0 Å². The van der Waals surface area contributed by atoms with Gasteiger partial charge in [-0.05, 0) is 55.1 Å². The Morgan fingerprint density at radius 2 is 2.18 bits per heavy atom. The molecular weight excluding hydrogens is 212 g/mol. The number of hydrogen-bond acceptors (Lipinski definition) is 2. The van der Waals surface area contributed by atoms with Crippen molar-refractivity contribution < 1.29 is 9.59 Å². The van der Waals surface area contributed by atoms with Crippen molar-refractivity contribution in [2.24, 2.45) is 11.3 Å².